The van der Waals surface area contributed by atoms with Crippen molar-refractivity contribution in [1.29, 1.82) is 0 Å². The number of ether oxygens (including phenoxy) is 2. The van der Waals surface area contributed by atoms with Gasteiger partial charge >= 0.3 is 0 Å². The van der Waals surface area contributed by atoms with Crippen molar-refractivity contribution in [3.63, 3.8) is 0 Å². The van der Waals surface area contributed by atoms with E-state index in [2.05, 4.69) is 50.2 Å². The van der Waals surface area contributed by atoms with Crippen molar-refractivity contribution in [3.8, 4) is 11.6 Å². The molecule has 3 rings (SSSR count). The van der Waals surface area contributed by atoms with Gasteiger partial charge in [0.2, 0.25) is 5.88 Å². The van der Waals surface area contributed by atoms with Crippen molar-refractivity contribution in [2.24, 2.45) is 0 Å². The van der Waals surface area contributed by atoms with Crippen LogP contribution in [0.25, 0.3) is 21.7 Å². The van der Waals surface area contributed by atoms with Gasteiger partial charge in [-0.25, -0.2) is 4.98 Å². The first-order valence-electron chi connectivity index (χ1n) is 11.9. The molecular formula is C27H37NO2. The Labute approximate surface area is 181 Å². The molecule has 0 atom stereocenters. The largest absolute Gasteiger partial charge is 0.494 e. The Morgan fingerprint density at radius 3 is 2.13 bits per heavy atom. The molecule has 3 heteroatoms. The Morgan fingerprint density at radius 2 is 1.30 bits per heavy atom. The SMILES string of the molecule is CCCCCCCCCOc1ccc2c(ccc3cc(OCCCCC)ccc32)n1. The van der Waals surface area contributed by atoms with Crippen LogP contribution in [-0.4, -0.2) is 18.2 Å². The number of unbranched alkanes of at least 4 members (excludes halogenated alkanes) is 8. The number of hydrogen-bond acceptors (Lipinski definition) is 3. The maximum absolute atomic E-state index is 5.91. The van der Waals surface area contributed by atoms with Gasteiger partial charge in [-0.05, 0) is 47.9 Å². The van der Waals surface area contributed by atoms with Crippen LogP contribution in [-0.2, 0) is 0 Å². The number of aromatic nitrogens is 1. The molecule has 0 fully saturated rings. The third-order valence-corrected chi connectivity index (χ3v) is 5.65. The van der Waals surface area contributed by atoms with Gasteiger partial charge < -0.3 is 9.47 Å². The van der Waals surface area contributed by atoms with Crippen LogP contribution in [0.15, 0.2) is 42.5 Å². The first-order chi connectivity index (χ1) is 14.8. The molecule has 2 aromatic carbocycles. The number of fused-ring (bicyclic) bond motifs is 3. The maximum Gasteiger partial charge on any atom is 0.213 e. The van der Waals surface area contributed by atoms with Crippen LogP contribution in [0.2, 0.25) is 0 Å². The highest BCUT2D eigenvalue weighted by molar-refractivity contribution is 6.06. The number of benzene rings is 2. The van der Waals surface area contributed by atoms with E-state index in [1.165, 1.54) is 62.1 Å². The van der Waals surface area contributed by atoms with Crippen molar-refractivity contribution in [2.45, 2.75) is 78.1 Å². The zero-order valence-electron chi connectivity index (χ0n) is 18.8. The van der Waals surface area contributed by atoms with Crippen LogP contribution < -0.4 is 9.47 Å². The first kappa shape index (κ1) is 22.4. The molecule has 0 N–H and O–H groups in total. The first-order valence-corrected chi connectivity index (χ1v) is 11.9. The molecule has 0 bridgehead atoms. The fourth-order valence-electron chi connectivity index (χ4n) is 3.85. The van der Waals surface area contributed by atoms with Gasteiger partial charge in [0.15, 0.2) is 0 Å². The van der Waals surface area contributed by atoms with E-state index in [0.717, 1.165) is 48.6 Å². The molecule has 0 radical (unpaired) electrons. The van der Waals surface area contributed by atoms with Gasteiger partial charge in [0.1, 0.15) is 5.75 Å². The summed E-state index contributed by atoms with van der Waals surface area (Å²) in [5.41, 5.74) is 0.983. The van der Waals surface area contributed by atoms with Crippen LogP contribution >= 0.6 is 0 Å². The average molecular weight is 408 g/mol. The van der Waals surface area contributed by atoms with Gasteiger partial charge in [0, 0.05) is 11.5 Å². The normalized spacial score (nSPS) is 11.3. The van der Waals surface area contributed by atoms with E-state index in [4.69, 9.17) is 14.5 Å². The topological polar surface area (TPSA) is 31.4 Å². The lowest BCUT2D eigenvalue weighted by molar-refractivity contribution is 0.294. The molecular weight excluding hydrogens is 370 g/mol. The molecule has 1 heterocycles. The van der Waals surface area contributed by atoms with Crippen molar-refractivity contribution in [1.82, 2.24) is 4.98 Å². The Balaban J connectivity index is 1.55. The van der Waals surface area contributed by atoms with Crippen LogP contribution in [0.1, 0.15) is 78.1 Å². The van der Waals surface area contributed by atoms with Crippen LogP contribution in [0.5, 0.6) is 11.6 Å². The molecule has 3 nitrogen and oxygen atoms in total. The van der Waals surface area contributed by atoms with Gasteiger partial charge in [0.05, 0.1) is 18.7 Å². The summed E-state index contributed by atoms with van der Waals surface area (Å²) in [6.07, 6.45) is 12.6. The molecule has 0 saturated carbocycles. The molecule has 0 aliphatic heterocycles. The summed E-state index contributed by atoms with van der Waals surface area (Å²) in [5.74, 6) is 1.67. The quantitative estimate of drug-likeness (QED) is 0.200. The molecule has 162 valence electrons. The highest BCUT2D eigenvalue weighted by Gasteiger charge is 2.06. The Kier molecular flexibility index (Phi) is 9.27. The molecule has 0 saturated heterocycles. The average Bonchev–Trinajstić information content (AvgIpc) is 2.78. The van der Waals surface area contributed by atoms with E-state index in [9.17, 15) is 0 Å². The minimum atomic E-state index is 0.726. The molecule has 0 unspecified atom stereocenters. The highest BCUT2D eigenvalue weighted by Crippen LogP contribution is 2.29. The van der Waals surface area contributed by atoms with Gasteiger partial charge in [-0.3, -0.25) is 0 Å². The summed E-state index contributed by atoms with van der Waals surface area (Å²) in [6, 6.07) is 14.7. The van der Waals surface area contributed by atoms with Gasteiger partial charge in [-0.1, -0.05) is 77.3 Å². The Morgan fingerprint density at radius 1 is 0.633 bits per heavy atom. The monoisotopic (exact) mass is 407 g/mol. The Bertz CT molecular complexity index is 906. The van der Waals surface area contributed by atoms with E-state index in [1.54, 1.807) is 0 Å². The van der Waals surface area contributed by atoms with Gasteiger partial charge in [-0.2, -0.15) is 0 Å². The number of pyridine rings is 1. The molecule has 0 spiro atoms. The minimum Gasteiger partial charge on any atom is -0.494 e. The predicted octanol–water partition coefficient (Wildman–Crippen LogP) is 8.09. The smallest absolute Gasteiger partial charge is 0.213 e. The molecule has 0 amide bonds. The summed E-state index contributed by atoms with van der Waals surface area (Å²) in [5, 5.41) is 3.56. The molecule has 1 aromatic heterocycles. The Hall–Kier alpha value is -2.29. The summed E-state index contributed by atoms with van der Waals surface area (Å²) < 4.78 is 11.8. The lowest BCUT2D eigenvalue weighted by Crippen LogP contribution is -1.99. The number of nitrogens with zero attached hydrogens (tertiary/aromatic N) is 1. The highest BCUT2D eigenvalue weighted by atomic mass is 16.5. The number of rotatable bonds is 14. The number of hydrogen-bond donors (Lipinski definition) is 0. The summed E-state index contributed by atoms with van der Waals surface area (Å²) in [7, 11) is 0. The van der Waals surface area contributed by atoms with Gasteiger partial charge in [-0.15, -0.1) is 0 Å². The third-order valence-electron chi connectivity index (χ3n) is 5.65. The fraction of sp³-hybridized carbons (Fsp3) is 0.519. The van der Waals surface area contributed by atoms with Crippen molar-refractivity contribution >= 4 is 21.7 Å². The van der Waals surface area contributed by atoms with Crippen LogP contribution in [0.4, 0.5) is 0 Å². The third kappa shape index (κ3) is 6.62. The zero-order valence-corrected chi connectivity index (χ0v) is 18.8. The fourth-order valence-corrected chi connectivity index (χ4v) is 3.85. The van der Waals surface area contributed by atoms with E-state index in [-0.39, 0.29) is 0 Å². The molecule has 0 aliphatic rings. The molecule has 30 heavy (non-hydrogen) atoms. The summed E-state index contributed by atoms with van der Waals surface area (Å²) in [4.78, 5) is 4.72. The predicted molar refractivity (Wildman–Crippen MR) is 128 cm³/mol. The summed E-state index contributed by atoms with van der Waals surface area (Å²) >= 11 is 0. The maximum atomic E-state index is 5.91. The second-order valence-electron chi connectivity index (χ2n) is 8.19. The second kappa shape index (κ2) is 12.4. The van der Waals surface area contributed by atoms with E-state index in [0.29, 0.717) is 0 Å². The lowest BCUT2D eigenvalue weighted by atomic mass is 10.0. The molecule has 0 aliphatic carbocycles. The molecule has 3 aromatic rings. The van der Waals surface area contributed by atoms with Crippen molar-refractivity contribution < 1.29 is 9.47 Å². The van der Waals surface area contributed by atoms with E-state index < -0.39 is 0 Å². The van der Waals surface area contributed by atoms with E-state index in [1.807, 2.05) is 6.07 Å². The zero-order chi connectivity index (χ0) is 21.0. The van der Waals surface area contributed by atoms with Crippen molar-refractivity contribution in [3.05, 3.63) is 42.5 Å². The lowest BCUT2D eigenvalue weighted by Gasteiger charge is -2.10. The van der Waals surface area contributed by atoms with E-state index >= 15 is 0 Å². The second-order valence-corrected chi connectivity index (χ2v) is 8.19. The van der Waals surface area contributed by atoms with Crippen LogP contribution in [0.3, 0.4) is 0 Å². The minimum absolute atomic E-state index is 0.726. The van der Waals surface area contributed by atoms with Gasteiger partial charge in [0.25, 0.3) is 0 Å². The summed E-state index contributed by atoms with van der Waals surface area (Å²) in [6.45, 7) is 6.00. The standard InChI is InChI=1S/C27H37NO2/c1-3-5-7-8-9-10-12-20-30-27-18-16-25-24-15-14-23(29-19-11-6-4-2)21-22(24)13-17-26(25)28-27/h13-18,21H,3-12,19-20H2,1-2H3. The van der Waals surface area contributed by atoms with Crippen molar-refractivity contribution in [2.75, 3.05) is 13.2 Å². The van der Waals surface area contributed by atoms with Crippen LogP contribution in [0, 0.1) is 0 Å².